The number of benzene rings is 1. The minimum absolute atomic E-state index is 0.115. The van der Waals surface area contributed by atoms with Crippen LogP contribution in [-0.4, -0.2) is 11.1 Å². The van der Waals surface area contributed by atoms with Gasteiger partial charge in [-0.2, -0.15) is 0 Å². The maximum atomic E-state index is 12.4. The molecule has 1 aromatic carbocycles. The molecule has 1 aliphatic heterocycles. The van der Waals surface area contributed by atoms with E-state index in [0.717, 1.165) is 47.1 Å². The van der Waals surface area contributed by atoms with Gasteiger partial charge in [-0.15, -0.1) is 0 Å². The second-order valence-corrected chi connectivity index (χ2v) is 5.22. The van der Waals surface area contributed by atoms with Gasteiger partial charge in [0.1, 0.15) is 0 Å². The summed E-state index contributed by atoms with van der Waals surface area (Å²) in [5.41, 5.74) is 4.13. The van der Waals surface area contributed by atoms with Crippen LogP contribution in [0.1, 0.15) is 16.7 Å². The van der Waals surface area contributed by atoms with E-state index in [0.29, 0.717) is 5.02 Å². The molecule has 0 fully saturated rings. The highest BCUT2D eigenvalue weighted by Gasteiger charge is 2.19. The van der Waals surface area contributed by atoms with E-state index in [1.54, 1.807) is 4.57 Å². The van der Waals surface area contributed by atoms with Crippen molar-refractivity contribution in [3.8, 4) is 0 Å². The first-order chi connectivity index (χ1) is 8.61. The predicted molar refractivity (Wildman–Crippen MR) is 74.3 cm³/mol. The van der Waals surface area contributed by atoms with Gasteiger partial charge in [0.2, 0.25) is 0 Å². The van der Waals surface area contributed by atoms with Crippen LogP contribution in [0.4, 0.5) is 0 Å². The minimum atomic E-state index is 0.115. The Balaban J connectivity index is 2.54. The van der Waals surface area contributed by atoms with Gasteiger partial charge in [-0.3, -0.25) is 4.79 Å². The zero-order valence-corrected chi connectivity index (χ0v) is 11.3. The lowest BCUT2D eigenvalue weighted by Gasteiger charge is -2.21. The summed E-state index contributed by atoms with van der Waals surface area (Å²) in [7, 11) is 1.83. The fourth-order valence-corrected chi connectivity index (χ4v) is 2.99. The highest BCUT2D eigenvalue weighted by atomic mass is 35.5. The molecule has 0 amide bonds. The zero-order chi connectivity index (χ0) is 12.9. The highest BCUT2D eigenvalue weighted by Crippen LogP contribution is 2.28. The maximum absolute atomic E-state index is 12.4. The van der Waals surface area contributed by atoms with Crippen molar-refractivity contribution in [2.75, 3.05) is 6.54 Å². The number of nitrogens with zero attached hydrogens (tertiary/aromatic N) is 1. The Morgan fingerprint density at radius 1 is 1.33 bits per heavy atom. The molecule has 0 aliphatic carbocycles. The molecule has 0 bridgehead atoms. The number of aryl methyl sites for hydroxylation is 2. The van der Waals surface area contributed by atoms with Crippen LogP contribution in [-0.2, 0) is 20.0 Å². The fraction of sp³-hybridized carbons (Fsp3) is 0.357. The SMILES string of the molecule is Cc1c(Cl)ccc2c3c(c(=O)n(C)c12)CCNC3. The second-order valence-electron chi connectivity index (χ2n) is 4.82. The summed E-state index contributed by atoms with van der Waals surface area (Å²) in [5, 5.41) is 5.18. The molecule has 1 N–H and O–H groups in total. The van der Waals surface area contributed by atoms with Crippen molar-refractivity contribution in [2.24, 2.45) is 7.05 Å². The molecule has 4 heteroatoms. The van der Waals surface area contributed by atoms with E-state index in [-0.39, 0.29) is 5.56 Å². The van der Waals surface area contributed by atoms with Gasteiger partial charge >= 0.3 is 0 Å². The molecule has 3 nitrogen and oxygen atoms in total. The third kappa shape index (κ3) is 1.51. The highest BCUT2D eigenvalue weighted by molar-refractivity contribution is 6.32. The normalized spacial score (nSPS) is 14.8. The van der Waals surface area contributed by atoms with Crippen LogP contribution in [0, 0.1) is 6.92 Å². The number of aromatic nitrogens is 1. The number of rotatable bonds is 0. The van der Waals surface area contributed by atoms with Crippen molar-refractivity contribution in [3.05, 3.63) is 44.2 Å². The predicted octanol–water partition coefficient (Wildman–Crippen LogP) is 2.15. The van der Waals surface area contributed by atoms with Gasteiger partial charge in [-0.05, 0) is 37.1 Å². The average Bonchev–Trinajstić information content (AvgIpc) is 2.39. The maximum Gasteiger partial charge on any atom is 0.254 e. The summed E-state index contributed by atoms with van der Waals surface area (Å²) >= 11 is 6.16. The van der Waals surface area contributed by atoms with Gasteiger partial charge in [0.15, 0.2) is 0 Å². The standard InChI is InChI=1S/C14H15ClN2O/c1-8-12(15)4-3-9-11-7-16-6-5-10(11)14(18)17(2)13(8)9/h3-4,16H,5-7H2,1-2H3. The summed E-state index contributed by atoms with van der Waals surface area (Å²) in [5.74, 6) is 0. The molecule has 0 radical (unpaired) electrons. The Labute approximate surface area is 110 Å². The molecular weight excluding hydrogens is 248 g/mol. The Morgan fingerprint density at radius 2 is 2.11 bits per heavy atom. The van der Waals surface area contributed by atoms with Gasteiger partial charge in [-0.25, -0.2) is 0 Å². The topological polar surface area (TPSA) is 34.0 Å². The smallest absolute Gasteiger partial charge is 0.254 e. The first-order valence-corrected chi connectivity index (χ1v) is 6.49. The molecule has 0 saturated heterocycles. The van der Waals surface area contributed by atoms with Crippen molar-refractivity contribution in [3.63, 3.8) is 0 Å². The Morgan fingerprint density at radius 3 is 2.89 bits per heavy atom. The van der Waals surface area contributed by atoms with E-state index in [2.05, 4.69) is 5.32 Å². The quantitative estimate of drug-likeness (QED) is 0.789. The summed E-state index contributed by atoms with van der Waals surface area (Å²) in [4.78, 5) is 12.4. The van der Waals surface area contributed by atoms with Crippen LogP contribution in [0.25, 0.3) is 10.9 Å². The molecule has 18 heavy (non-hydrogen) atoms. The molecule has 94 valence electrons. The lowest BCUT2D eigenvalue weighted by atomic mass is 9.96. The molecule has 0 saturated carbocycles. The van der Waals surface area contributed by atoms with Crippen LogP contribution < -0.4 is 10.9 Å². The number of halogens is 1. The largest absolute Gasteiger partial charge is 0.312 e. The third-order valence-corrected chi connectivity index (χ3v) is 4.22. The lowest BCUT2D eigenvalue weighted by Crippen LogP contribution is -2.33. The summed E-state index contributed by atoms with van der Waals surface area (Å²) in [6.07, 6.45) is 0.805. The van der Waals surface area contributed by atoms with Gasteiger partial charge in [0, 0.05) is 29.6 Å². The summed E-state index contributed by atoms with van der Waals surface area (Å²) in [6.45, 7) is 3.61. The summed E-state index contributed by atoms with van der Waals surface area (Å²) in [6, 6.07) is 3.94. The number of hydrogen-bond acceptors (Lipinski definition) is 2. The molecule has 0 spiro atoms. The molecule has 2 heterocycles. The van der Waals surface area contributed by atoms with Gasteiger partial charge in [-0.1, -0.05) is 17.7 Å². The second kappa shape index (κ2) is 4.11. The monoisotopic (exact) mass is 262 g/mol. The first kappa shape index (κ1) is 11.8. The van der Waals surface area contributed by atoms with Crippen molar-refractivity contribution < 1.29 is 0 Å². The van der Waals surface area contributed by atoms with Crippen LogP contribution in [0.5, 0.6) is 0 Å². The number of pyridine rings is 1. The van der Waals surface area contributed by atoms with Crippen LogP contribution in [0.2, 0.25) is 5.02 Å². The third-order valence-electron chi connectivity index (χ3n) is 3.81. The van der Waals surface area contributed by atoms with Gasteiger partial charge < -0.3 is 9.88 Å². The lowest BCUT2D eigenvalue weighted by molar-refractivity contribution is 0.636. The van der Waals surface area contributed by atoms with Crippen LogP contribution in [0.3, 0.4) is 0 Å². The van der Waals surface area contributed by atoms with E-state index in [9.17, 15) is 4.79 Å². The summed E-state index contributed by atoms with van der Waals surface area (Å²) < 4.78 is 1.74. The van der Waals surface area contributed by atoms with Gasteiger partial charge in [0.05, 0.1) is 5.52 Å². The fourth-order valence-electron chi connectivity index (χ4n) is 2.83. The van der Waals surface area contributed by atoms with Crippen LogP contribution in [0.15, 0.2) is 16.9 Å². The number of hydrogen-bond donors (Lipinski definition) is 1. The van der Waals surface area contributed by atoms with Crippen molar-refractivity contribution in [1.82, 2.24) is 9.88 Å². The van der Waals surface area contributed by atoms with E-state index in [1.165, 1.54) is 0 Å². The molecule has 1 aliphatic rings. The molecule has 1 aromatic heterocycles. The molecule has 3 rings (SSSR count). The molecular formula is C14H15ClN2O. The van der Waals surface area contributed by atoms with Crippen molar-refractivity contribution >= 4 is 22.5 Å². The van der Waals surface area contributed by atoms with Gasteiger partial charge in [0.25, 0.3) is 5.56 Å². The van der Waals surface area contributed by atoms with Crippen molar-refractivity contribution in [2.45, 2.75) is 19.9 Å². The average molecular weight is 263 g/mol. The Bertz CT molecular complexity index is 703. The number of nitrogens with one attached hydrogen (secondary N) is 1. The number of fused-ring (bicyclic) bond motifs is 3. The zero-order valence-electron chi connectivity index (χ0n) is 10.5. The molecule has 0 unspecified atom stereocenters. The minimum Gasteiger partial charge on any atom is -0.312 e. The van der Waals surface area contributed by atoms with E-state index >= 15 is 0 Å². The van der Waals surface area contributed by atoms with E-state index in [1.807, 2.05) is 26.1 Å². The Kier molecular flexibility index (Phi) is 2.68. The molecule has 2 aromatic rings. The van der Waals surface area contributed by atoms with E-state index < -0.39 is 0 Å². The molecule has 0 atom stereocenters. The first-order valence-electron chi connectivity index (χ1n) is 6.11. The Hall–Kier alpha value is -1.32. The van der Waals surface area contributed by atoms with Crippen molar-refractivity contribution in [1.29, 1.82) is 0 Å². The van der Waals surface area contributed by atoms with E-state index in [4.69, 9.17) is 11.6 Å². The van der Waals surface area contributed by atoms with Crippen LogP contribution >= 0.6 is 11.6 Å².